The van der Waals surface area contributed by atoms with E-state index in [9.17, 15) is 4.79 Å². The molecule has 0 saturated carbocycles. The van der Waals surface area contributed by atoms with Crippen LogP contribution >= 0.6 is 23.2 Å². The first kappa shape index (κ1) is 18.6. The van der Waals surface area contributed by atoms with Crippen molar-refractivity contribution in [2.24, 2.45) is 0 Å². The highest BCUT2D eigenvalue weighted by molar-refractivity contribution is 6.36. The predicted molar refractivity (Wildman–Crippen MR) is 113 cm³/mol. The summed E-state index contributed by atoms with van der Waals surface area (Å²) in [5, 5.41) is 7.35. The van der Waals surface area contributed by atoms with Crippen molar-refractivity contribution in [3.63, 3.8) is 0 Å². The van der Waals surface area contributed by atoms with Gasteiger partial charge in [0.15, 0.2) is 0 Å². The van der Waals surface area contributed by atoms with E-state index in [0.717, 1.165) is 16.9 Å². The van der Waals surface area contributed by atoms with Crippen molar-refractivity contribution >= 4 is 40.6 Å². The number of carbonyl (C=O) groups excluding carboxylic acids is 1. The molecule has 7 heteroatoms. The number of rotatable bonds is 4. The first-order chi connectivity index (χ1) is 13.6. The van der Waals surface area contributed by atoms with Gasteiger partial charge in [0.05, 0.1) is 11.4 Å². The van der Waals surface area contributed by atoms with Gasteiger partial charge in [0.1, 0.15) is 6.17 Å². The number of hydrogen-bond donors (Lipinski definition) is 2. The first-order valence-corrected chi connectivity index (χ1v) is 9.66. The highest BCUT2D eigenvalue weighted by atomic mass is 35.5. The summed E-state index contributed by atoms with van der Waals surface area (Å²) in [6.45, 7) is 0.492. The van der Waals surface area contributed by atoms with E-state index in [1.807, 2.05) is 36.4 Å². The van der Waals surface area contributed by atoms with E-state index in [2.05, 4.69) is 15.6 Å². The molecule has 3 aromatic rings. The van der Waals surface area contributed by atoms with E-state index in [1.165, 1.54) is 0 Å². The van der Waals surface area contributed by atoms with Gasteiger partial charge in [0, 0.05) is 34.5 Å². The summed E-state index contributed by atoms with van der Waals surface area (Å²) in [5.41, 5.74) is 3.37. The van der Waals surface area contributed by atoms with Gasteiger partial charge in [0.25, 0.3) is 0 Å². The average Bonchev–Trinajstić information content (AvgIpc) is 3.07. The van der Waals surface area contributed by atoms with Crippen LogP contribution in [0, 0.1) is 0 Å². The lowest BCUT2D eigenvalue weighted by atomic mass is 10.1. The largest absolute Gasteiger partial charge is 0.359 e. The minimum Gasteiger partial charge on any atom is -0.359 e. The Kier molecular flexibility index (Phi) is 5.37. The Morgan fingerprint density at radius 3 is 2.61 bits per heavy atom. The molecule has 0 radical (unpaired) electrons. The van der Waals surface area contributed by atoms with Gasteiger partial charge >= 0.3 is 6.03 Å². The molecule has 1 aliphatic heterocycles. The van der Waals surface area contributed by atoms with Crippen molar-refractivity contribution in [2.45, 2.75) is 12.6 Å². The van der Waals surface area contributed by atoms with Gasteiger partial charge in [-0.2, -0.15) is 0 Å². The highest BCUT2D eigenvalue weighted by Crippen LogP contribution is 2.44. The molecule has 1 aromatic heterocycles. The number of carbonyl (C=O) groups is 1. The summed E-state index contributed by atoms with van der Waals surface area (Å²) in [5.74, 6) is 0. The van der Waals surface area contributed by atoms with Crippen molar-refractivity contribution in [2.75, 3.05) is 16.8 Å². The number of fused-ring (bicyclic) bond motifs is 1. The molecular weight excluding hydrogens is 395 g/mol. The van der Waals surface area contributed by atoms with Crippen LogP contribution in [0.3, 0.4) is 0 Å². The van der Waals surface area contributed by atoms with Crippen molar-refractivity contribution in [1.29, 1.82) is 0 Å². The summed E-state index contributed by atoms with van der Waals surface area (Å²) in [6.07, 6.45) is 3.73. The van der Waals surface area contributed by atoms with Crippen molar-refractivity contribution in [3.8, 4) is 0 Å². The zero-order valence-corrected chi connectivity index (χ0v) is 16.4. The average molecular weight is 413 g/mol. The minimum atomic E-state index is -0.489. The Morgan fingerprint density at radius 1 is 1.07 bits per heavy atom. The fourth-order valence-corrected chi connectivity index (χ4v) is 3.91. The third kappa shape index (κ3) is 3.63. The van der Waals surface area contributed by atoms with Gasteiger partial charge in [0.2, 0.25) is 0 Å². The van der Waals surface area contributed by atoms with Gasteiger partial charge in [-0.1, -0.05) is 47.5 Å². The molecule has 2 heterocycles. The fourth-order valence-electron chi connectivity index (χ4n) is 3.30. The lowest BCUT2D eigenvalue weighted by Crippen LogP contribution is -2.42. The predicted octanol–water partition coefficient (Wildman–Crippen LogP) is 5.27. The Bertz CT molecular complexity index is 976. The monoisotopic (exact) mass is 412 g/mol. The Morgan fingerprint density at radius 2 is 1.86 bits per heavy atom. The summed E-state index contributed by atoms with van der Waals surface area (Å²) in [4.78, 5) is 18.8. The molecule has 0 saturated heterocycles. The SMILES string of the molecule is O=C(NCCc1cccnc1)N1c2ccccc2NC1c1c(Cl)cccc1Cl. The molecule has 2 aromatic carbocycles. The van der Waals surface area contributed by atoms with Gasteiger partial charge in [-0.05, 0) is 42.3 Å². The zero-order valence-electron chi connectivity index (χ0n) is 14.9. The van der Waals surface area contributed by atoms with Crippen LogP contribution in [0.4, 0.5) is 16.2 Å². The molecule has 1 unspecified atom stereocenters. The molecule has 0 spiro atoms. The molecule has 1 atom stereocenters. The van der Waals surface area contributed by atoms with Gasteiger partial charge in [-0.15, -0.1) is 0 Å². The Labute approximate surface area is 173 Å². The van der Waals surface area contributed by atoms with Crippen LogP contribution in [0.25, 0.3) is 0 Å². The maximum absolute atomic E-state index is 13.1. The molecule has 1 aliphatic rings. The molecule has 2 N–H and O–H groups in total. The molecule has 0 aliphatic carbocycles. The van der Waals surface area contributed by atoms with E-state index in [0.29, 0.717) is 28.6 Å². The first-order valence-electron chi connectivity index (χ1n) is 8.90. The maximum atomic E-state index is 13.1. The summed E-state index contributed by atoms with van der Waals surface area (Å²) in [7, 11) is 0. The van der Waals surface area contributed by atoms with E-state index in [-0.39, 0.29) is 6.03 Å². The normalized spacial score (nSPS) is 15.1. The third-order valence-corrected chi connectivity index (χ3v) is 5.28. The number of halogens is 2. The van der Waals surface area contributed by atoms with E-state index in [1.54, 1.807) is 35.5 Å². The molecular formula is C21H18Cl2N4O. The van der Waals surface area contributed by atoms with Crippen LogP contribution in [-0.2, 0) is 6.42 Å². The molecule has 5 nitrogen and oxygen atoms in total. The lowest BCUT2D eigenvalue weighted by molar-refractivity contribution is 0.245. The second-order valence-corrected chi connectivity index (χ2v) is 7.23. The zero-order chi connectivity index (χ0) is 19.5. The van der Waals surface area contributed by atoms with Crippen LogP contribution in [0.5, 0.6) is 0 Å². The summed E-state index contributed by atoms with van der Waals surface area (Å²) >= 11 is 12.8. The quantitative estimate of drug-likeness (QED) is 0.613. The van der Waals surface area contributed by atoms with Crippen LogP contribution < -0.4 is 15.5 Å². The number of aromatic nitrogens is 1. The molecule has 142 valence electrons. The molecule has 0 fully saturated rings. The molecule has 4 rings (SSSR count). The third-order valence-electron chi connectivity index (χ3n) is 4.62. The second-order valence-electron chi connectivity index (χ2n) is 6.41. The number of hydrogen-bond acceptors (Lipinski definition) is 3. The number of urea groups is 1. The molecule has 28 heavy (non-hydrogen) atoms. The number of anilines is 2. The number of para-hydroxylation sites is 2. The second kappa shape index (κ2) is 8.09. The number of amides is 2. The minimum absolute atomic E-state index is 0.220. The van der Waals surface area contributed by atoms with Gasteiger partial charge in [-0.25, -0.2) is 4.79 Å². The van der Waals surface area contributed by atoms with Crippen molar-refractivity contribution in [1.82, 2.24) is 10.3 Å². The van der Waals surface area contributed by atoms with Crippen LogP contribution in [0.1, 0.15) is 17.3 Å². The van der Waals surface area contributed by atoms with E-state index < -0.39 is 6.17 Å². The van der Waals surface area contributed by atoms with Crippen molar-refractivity contribution < 1.29 is 4.79 Å². The molecule has 2 amide bonds. The maximum Gasteiger partial charge on any atom is 0.323 e. The fraction of sp³-hybridized carbons (Fsp3) is 0.143. The lowest BCUT2D eigenvalue weighted by Gasteiger charge is -2.27. The molecule has 0 bridgehead atoms. The van der Waals surface area contributed by atoms with E-state index >= 15 is 0 Å². The highest BCUT2D eigenvalue weighted by Gasteiger charge is 2.36. The van der Waals surface area contributed by atoms with E-state index in [4.69, 9.17) is 23.2 Å². The topological polar surface area (TPSA) is 57.3 Å². The standard InChI is InChI=1S/C21H18Cl2N4O/c22-15-6-3-7-16(23)19(15)20-26-17-8-1-2-9-18(17)27(20)21(28)25-12-10-14-5-4-11-24-13-14/h1-9,11,13,20,26H,10,12H2,(H,25,28). The van der Waals surface area contributed by atoms with Crippen molar-refractivity contribution in [3.05, 3.63) is 88.2 Å². The Hall–Kier alpha value is -2.76. The number of nitrogens with zero attached hydrogens (tertiary/aromatic N) is 2. The summed E-state index contributed by atoms with van der Waals surface area (Å²) in [6, 6.07) is 16.6. The number of pyridine rings is 1. The number of benzene rings is 2. The Balaban J connectivity index is 1.58. The number of nitrogens with one attached hydrogen (secondary N) is 2. The van der Waals surface area contributed by atoms with Gasteiger partial charge < -0.3 is 10.6 Å². The van der Waals surface area contributed by atoms with Gasteiger partial charge in [-0.3, -0.25) is 9.88 Å². The van der Waals surface area contributed by atoms with Crippen LogP contribution in [0.2, 0.25) is 10.0 Å². The smallest absolute Gasteiger partial charge is 0.323 e. The summed E-state index contributed by atoms with van der Waals surface area (Å²) < 4.78 is 0. The van der Waals surface area contributed by atoms with Crippen LogP contribution in [-0.4, -0.2) is 17.6 Å². The van der Waals surface area contributed by atoms with Crippen LogP contribution in [0.15, 0.2) is 67.0 Å².